The molecule has 2 atom stereocenters. The Morgan fingerprint density at radius 1 is 1.21 bits per heavy atom. The summed E-state index contributed by atoms with van der Waals surface area (Å²) in [5, 5.41) is 11.5. The van der Waals surface area contributed by atoms with Gasteiger partial charge in [0.25, 0.3) is 0 Å². The van der Waals surface area contributed by atoms with Gasteiger partial charge in [0.15, 0.2) is 5.96 Å². The van der Waals surface area contributed by atoms with Crippen LogP contribution in [0.3, 0.4) is 0 Å². The summed E-state index contributed by atoms with van der Waals surface area (Å²) in [4.78, 5) is 7.44. The number of methoxy groups -OCH3 is 1. The molecule has 33 heavy (non-hydrogen) atoms. The molecule has 2 N–H and O–H groups in total. The molecule has 2 unspecified atom stereocenters. The van der Waals surface area contributed by atoms with Crippen LogP contribution in [0.1, 0.15) is 49.2 Å². The molecule has 1 aliphatic rings. The molecular formula is C25H41IN6O. The van der Waals surface area contributed by atoms with E-state index in [0.29, 0.717) is 12.0 Å². The van der Waals surface area contributed by atoms with Crippen LogP contribution in [0, 0.1) is 19.8 Å². The van der Waals surface area contributed by atoms with Crippen molar-refractivity contribution < 1.29 is 4.74 Å². The van der Waals surface area contributed by atoms with Crippen LogP contribution in [0.2, 0.25) is 0 Å². The Balaban J connectivity index is 0.00000385. The monoisotopic (exact) mass is 568 g/mol. The van der Waals surface area contributed by atoms with E-state index in [1.54, 1.807) is 7.11 Å². The van der Waals surface area contributed by atoms with Gasteiger partial charge >= 0.3 is 0 Å². The minimum Gasteiger partial charge on any atom is -0.497 e. The number of guanidine groups is 1. The molecule has 0 saturated carbocycles. The minimum atomic E-state index is 0. The molecule has 2 heterocycles. The Kier molecular flexibility index (Phi) is 11.5. The van der Waals surface area contributed by atoms with E-state index in [1.165, 1.54) is 24.1 Å². The highest BCUT2D eigenvalue weighted by molar-refractivity contribution is 14.0. The summed E-state index contributed by atoms with van der Waals surface area (Å²) in [5.41, 5.74) is 3.64. The van der Waals surface area contributed by atoms with E-state index in [2.05, 4.69) is 76.5 Å². The van der Waals surface area contributed by atoms with Crippen molar-refractivity contribution in [2.45, 2.75) is 52.6 Å². The maximum atomic E-state index is 5.34. The molecule has 1 aromatic heterocycles. The lowest BCUT2D eigenvalue weighted by Gasteiger charge is -2.39. The molecule has 8 heteroatoms. The van der Waals surface area contributed by atoms with Gasteiger partial charge in [-0.3, -0.25) is 14.6 Å². The number of halogens is 1. The Bertz CT molecular complexity index is 866. The first-order chi connectivity index (χ1) is 15.5. The number of aliphatic imine (C=N–C) groups is 1. The molecule has 0 amide bonds. The number of aromatic nitrogens is 2. The molecule has 0 radical (unpaired) electrons. The van der Waals surface area contributed by atoms with Crippen LogP contribution in [0.4, 0.5) is 0 Å². The smallest absolute Gasteiger partial charge is 0.191 e. The van der Waals surface area contributed by atoms with Crippen LogP contribution < -0.4 is 15.4 Å². The van der Waals surface area contributed by atoms with Gasteiger partial charge in [-0.15, -0.1) is 24.0 Å². The molecule has 3 rings (SSSR count). The lowest BCUT2D eigenvalue weighted by atomic mass is 9.85. The van der Waals surface area contributed by atoms with E-state index >= 15 is 0 Å². The number of hydrogen-bond acceptors (Lipinski definition) is 4. The Hall–Kier alpha value is -1.81. The molecule has 1 saturated heterocycles. The van der Waals surface area contributed by atoms with Crippen LogP contribution in [0.5, 0.6) is 5.75 Å². The summed E-state index contributed by atoms with van der Waals surface area (Å²) in [6, 6.07) is 11.0. The predicted molar refractivity (Wildman–Crippen MR) is 147 cm³/mol. The van der Waals surface area contributed by atoms with Crippen molar-refractivity contribution in [3.05, 3.63) is 47.3 Å². The van der Waals surface area contributed by atoms with Gasteiger partial charge in [0.05, 0.1) is 12.8 Å². The molecule has 7 nitrogen and oxygen atoms in total. The van der Waals surface area contributed by atoms with Gasteiger partial charge in [-0.25, -0.2) is 0 Å². The van der Waals surface area contributed by atoms with Crippen molar-refractivity contribution in [2.24, 2.45) is 10.9 Å². The summed E-state index contributed by atoms with van der Waals surface area (Å²) in [7, 11) is 3.94. The number of ether oxygens (including phenoxy) is 1. The van der Waals surface area contributed by atoms with E-state index in [-0.39, 0.29) is 24.0 Å². The standard InChI is InChI=1S/C25H40N6O.HI/c1-6-26-25(27-14-8-16-31-20(3)17-19(2)29-31)28-18-22-9-7-15-30(4)24(22)21-10-12-23(32-5)13-11-21;/h10-13,17,22,24H,6-9,14-16,18H2,1-5H3,(H2,26,27,28);1H. The summed E-state index contributed by atoms with van der Waals surface area (Å²) in [6.07, 6.45) is 3.42. The van der Waals surface area contributed by atoms with Crippen LogP contribution in [-0.2, 0) is 6.54 Å². The number of benzene rings is 1. The first-order valence-corrected chi connectivity index (χ1v) is 11.9. The molecule has 2 aromatic rings. The number of nitrogens with zero attached hydrogens (tertiary/aromatic N) is 4. The highest BCUT2D eigenvalue weighted by Crippen LogP contribution is 2.35. The summed E-state index contributed by atoms with van der Waals surface area (Å²) >= 11 is 0. The van der Waals surface area contributed by atoms with Crippen LogP contribution in [0.15, 0.2) is 35.3 Å². The topological polar surface area (TPSA) is 66.7 Å². The van der Waals surface area contributed by atoms with Crippen molar-refractivity contribution in [1.29, 1.82) is 0 Å². The van der Waals surface area contributed by atoms with Gasteiger partial charge in [-0.1, -0.05) is 12.1 Å². The average Bonchev–Trinajstić information content (AvgIpc) is 3.11. The fraction of sp³-hybridized carbons (Fsp3) is 0.600. The minimum absolute atomic E-state index is 0. The number of aryl methyl sites for hydroxylation is 3. The quantitative estimate of drug-likeness (QED) is 0.206. The van der Waals surface area contributed by atoms with E-state index in [4.69, 9.17) is 9.73 Å². The number of rotatable bonds is 9. The van der Waals surface area contributed by atoms with E-state index in [0.717, 1.165) is 56.5 Å². The second kappa shape index (κ2) is 13.8. The Labute approximate surface area is 216 Å². The van der Waals surface area contributed by atoms with Crippen molar-refractivity contribution in [3.63, 3.8) is 0 Å². The molecule has 1 fully saturated rings. The zero-order valence-electron chi connectivity index (χ0n) is 20.8. The number of hydrogen-bond donors (Lipinski definition) is 2. The van der Waals surface area contributed by atoms with Crippen molar-refractivity contribution in [2.75, 3.05) is 40.3 Å². The maximum absolute atomic E-state index is 5.34. The zero-order valence-corrected chi connectivity index (χ0v) is 23.1. The van der Waals surface area contributed by atoms with Gasteiger partial charge in [-0.05, 0) is 83.3 Å². The van der Waals surface area contributed by atoms with Crippen molar-refractivity contribution in [3.8, 4) is 5.75 Å². The summed E-state index contributed by atoms with van der Waals surface area (Å²) < 4.78 is 7.42. The summed E-state index contributed by atoms with van der Waals surface area (Å²) in [6.45, 7) is 10.8. The predicted octanol–water partition coefficient (Wildman–Crippen LogP) is 4.15. The normalized spacial score (nSPS) is 19.1. The fourth-order valence-corrected chi connectivity index (χ4v) is 4.67. The Morgan fingerprint density at radius 3 is 2.61 bits per heavy atom. The largest absolute Gasteiger partial charge is 0.497 e. The molecular weight excluding hydrogens is 527 g/mol. The molecule has 0 spiro atoms. The average molecular weight is 569 g/mol. The van der Waals surface area contributed by atoms with Gasteiger partial charge in [0.1, 0.15) is 5.75 Å². The third kappa shape index (κ3) is 7.88. The molecule has 0 bridgehead atoms. The number of piperidine rings is 1. The van der Waals surface area contributed by atoms with E-state index < -0.39 is 0 Å². The molecule has 184 valence electrons. The highest BCUT2D eigenvalue weighted by atomic mass is 127. The maximum Gasteiger partial charge on any atom is 0.191 e. The molecule has 1 aliphatic heterocycles. The highest BCUT2D eigenvalue weighted by Gasteiger charge is 2.30. The van der Waals surface area contributed by atoms with Crippen LogP contribution in [-0.4, -0.2) is 61.0 Å². The first kappa shape index (κ1) is 27.4. The summed E-state index contributed by atoms with van der Waals surface area (Å²) in [5.74, 6) is 2.30. The van der Waals surface area contributed by atoms with Gasteiger partial charge in [0, 0.05) is 37.9 Å². The Morgan fingerprint density at radius 2 is 1.97 bits per heavy atom. The third-order valence-electron chi connectivity index (χ3n) is 6.24. The first-order valence-electron chi connectivity index (χ1n) is 11.9. The van der Waals surface area contributed by atoms with Crippen molar-refractivity contribution in [1.82, 2.24) is 25.3 Å². The van der Waals surface area contributed by atoms with E-state index in [9.17, 15) is 0 Å². The SMILES string of the molecule is CCNC(=NCC1CCCN(C)C1c1ccc(OC)cc1)NCCCn1nc(C)cc1C.I. The zero-order chi connectivity index (χ0) is 22.9. The fourth-order valence-electron chi connectivity index (χ4n) is 4.67. The second-order valence-electron chi connectivity index (χ2n) is 8.75. The second-order valence-corrected chi connectivity index (χ2v) is 8.75. The van der Waals surface area contributed by atoms with E-state index in [1.807, 2.05) is 6.92 Å². The van der Waals surface area contributed by atoms with Crippen LogP contribution in [0.25, 0.3) is 0 Å². The van der Waals surface area contributed by atoms with Crippen LogP contribution >= 0.6 is 24.0 Å². The lowest BCUT2D eigenvalue weighted by Crippen LogP contribution is -2.40. The third-order valence-corrected chi connectivity index (χ3v) is 6.24. The van der Waals surface area contributed by atoms with Gasteiger partial charge in [0.2, 0.25) is 0 Å². The van der Waals surface area contributed by atoms with Crippen molar-refractivity contribution >= 4 is 29.9 Å². The number of nitrogens with one attached hydrogen (secondary N) is 2. The lowest BCUT2D eigenvalue weighted by molar-refractivity contribution is 0.125. The molecule has 1 aromatic carbocycles. The molecule has 0 aliphatic carbocycles. The van der Waals surface area contributed by atoms with Gasteiger partial charge in [-0.2, -0.15) is 5.10 Å². The number of likely N-dealkylation sites (tertiary alicyclic amines) is 1. The van der Waals surface area contributed by atoms with Gasteiger partial charge < -0.3 is 15.4 Å².